The van der Waals surface area contributed by atoms with Crippen molar-refractivity contribution in [3.63, 3.8) is 0 Å². The molecule has 0 N–H and O–H groups in total. The van der Waals surface area contributed by atoms with E-state index in [2.05, 4.69) is 4.98 Å². The number of imidazole rings is 1. The van der Waals surface area contributed by atoms with Gasteiger partial charge in [0.1, 0.15) is 5.69 Å². The minimum absolute atomic E-state index is 0.0448. The predicted molar refractivity (Wildman–Crippen MR) is 61.5 cm³/mol. The van der Waals surface area contributed by atoms with Crippen molar-refractivity contribution in [1.82, 2.24) is 9.38 Å². The number of rotatable bonds is 3. The third-order valence-corrected chi connectivity index (χ3v) is 2.48. The molecule has 0 aliphatic carbocycles. The number of fused-ring (bicyclic) bond motifs is 1. The Morgan fingerprint density at radius 3 is 2.65 bits per heavy atom. The van der Waals surface area contributed by atoms with Crippen LogP contribution in [0.4, 0.5) is 13.2 Å². The summed E-state index contributed by atoms with van der Waals surface area (Å²) >= 11 is 0. The van der Waals surface area contributed by atoms with Gasteiger partial charge in [0.25, 0.3) is 5.78 Å². The van der Waals surface area contributed by atoms with Gasteiger partial charge < -0.3 is 4.74 Å². The van der Waals surface area contributed by atoms with Crippen LogP contribution < -0.4 is 0 Å². The maximum atomic E-state index is 12.5. The lowest BCUT2D eigenvalue weighted by atomic mass is 10.2. The number of carbonyl (C=O) groups is 2. The molecule has 2 rings (SSSR count). The molecule has 0 saturated carbocycles. The monoisotopic (exact) mass is 286 g/mol. The van der Waals surface area contributed by atoms with E-state index in [4.69, 9.17) is 4.74 Å². The Kier molecular flexibility index (Phi) is 3.47. The van der Waals surface area contributed by atoms with Gasteiger partial charge in [-0.1, -0.05) is 6.07 Å². The van der Waals surface area contributed by atoms with Crippen molar-refractivity contribution in [3.05, 3.63) is 35.9 Å². The SMILES string of the molecule is CCOC(=O)c1nc(C(=O)C(F)(F)F)c2ccccn12. The number of aromatic nitrogens is 2. The minimum Gasteiger partial charge on any atom is -0.460 e. The molecule has 0 spiro atoms. The Bertz CT molecular complexity index is 676. The average Bonchev–Trinajstić information content (AvgIpc) is 2.76. The van der Waals surface area contributed by atoms with Crippen LogP contribution in [0.3, 0.4) is 0 Å². The van der Waals surface area contributed by atoms with Crippen LogP contribution in [0, 0.1) is 0 Å². The summed E-state index contributed by atoms with van der Waals surface area (Å²) in [6.45, 7) is 1.60. The van der Waals surface area contributed by atoms with E-state index in [0.717, 1.165) is 4.40 Å². The fourth-order valence-corrected chi connectivity index (χ4v) is 1.68. The molecule has 0 amide bonds. The second-order valence-corrected chi connectivity index (χ2v) is 3.79. The molecule has 0 fully saturated rings. The van der Waals surface area contributed by atoms with Crippen LogP contribution >= 0.6 is 0 Å². The number of ether oxygens (including phenoxy) is 1. The van der Waals surface area contributed by atoms with E-state index in [-0.39, 0.29) is 17.9 Å². The van der Waals surface area contributed by atoms with Crippen LogP contribution in [0.25, 0.3) is 5.52 Å². The van der Waals surface area contributed by atoms with Crippen molar-refractivity contribution in [3.8, 4) is 0 Å². The predicted octanol–water partition coefficient (Wildman–Crippen LogP) is 2.26. The van der Waals surface area contributed by atoms with Crippen LogP contribution in [-0.2, 0) is 4.74 Å². The zero-order chi connectivity index (χ0) is 14.9. The van der Waals surface area contributed by atoms with Crippen LogP contribution in [0.2, 0.25) is 0 Å². The summed E-state index contributed by atoms with van der Waals surface area (Å²) in [4.78, 5) is 26.5. The summed E-state index contributed by atoms with van der Waals surface area (Å²) in [5.41, 5.74) is -0.918. The van der Waals surface area contributed by atoms with Crippen LogP contribution in [0.5, 0.6) is 0 Å². The molecule has 0 aromatic carbocycles. The summed E-state index contributed by atoms with van der Waals surface area (Å²) in [6, 6.07) is 4.22. The lowest BCUT2D eigenvalue weighted by molar-refractivity contribution is -0.0887. The highest BCUT2D eigenvalue weighted by atomic mass is 19.4. The minimum atomic E-state index is -5.06. The van der Waals surface area contributed by atoms with Crippen molar-refractivity contribution in [2.24, 2.45) is 0 Å². The lowest BCUT2D eigenvalue weighted by Crippen LogP contribution is -2.23. The van der Waals surface area contributed by atoms with Gasteiger partial charge in [0.2, 0.25) is 5.82 Å². The maximum absolute atomic E-state index is 12.5. The number of hydrogen-bond donors (Lipinski definition) is 0. The second-order valence-electron chi connectivity index (χ2n) is 3.79. The number of esters is 1. The van der Waals surface area contributed by atoms with Gasteiger partial charge in [-0.2, -0.15) is 13.2 Å². The Labute approximate surface area is 111 Å². The van der Waals surface area contributed by atoms with Crippen molar-refractivity contribution < 1.29 is 27.5 Å². The fraction of sp³-hybridized carbons (Fsp3) is 0.250. The van der Waals surface area contributed by atoms with Crippen LogP contribution in [0.1, 0.15) is 28.0 Å². The Balaban J connectivity index is 2.63. The highest BCUT2D eigenvalue weighted by molar-refractivity contribution is 6.05. The Morgan fingerprint density at radius 2 is 2.05 bits per heavy atom. The third-order valence-electron chi connectivity index (χ3n) is 2.48. The number of halogens is 3. The molecule has 106 valence electrons. The largest absolute Gasteiger partial charge is 0.460 e. The van der Waals surface area contributed by atoms with E-state index in [1.165, 1.54) is 24.4 Å². The first-order valence-corrected chi connectivity index (χ1v) is 5.62. The van der Waals surface area contributed by atoms with Crippen molar-refractivity contribution in [1.29, 1.82) is 0 Å². The summed E-state index contributed by atoms with van der Waals surface area (Å²) < 4.78 is 43.3. The lowest BCUT2D eigenvalue weighted by Gasteiger charge is -2.02. The molecule has 0 saturated heterocycles. The van der Waals surface area contributed by atoms with Gasteiger partial charge >= 0.3 is 12.1 Å². The third kappa shape index (κ3) is 2.36. The molecule has 20 heavy (non-hydrogen) atoms. The van der Waals surface area contributed by atoms with E-state index >= 15 is 0 Å². The molecule has 5 nitrogen and oxygen atoms in total. The number of carbonyl (C=O) groups excluding carboxylic acids is 2. The highest BCUT2D eigenvalue weighted by Crippen LogP contribution is 2.24. The summed E-state index contributed by atoms with van der Waals surface area (Å²) in [5, 5.41) is 0. The second kappa shape index (κ2) is 4.95. The Morgan fingerprint density at radius 1 is 1.35 bits per heavy atom. The zero-order valence-electron chi connectivity index (χ0n) is 10.3. The number of Topliss-reactive ketones (excluding diaryl/α,β-unsaturated/α-hetero) is 1. The summed E-state index contributed by atoms with van der Waals surface area (Å²) in [6.07, 6.45) is -3.72. The molecule has 0 bridgehead atoms. The van der Waals surface area contributed by atoms with Crippen molar-refractivity contribution in [2.75, 3.05) is 6.61 Å². The number of pyridine rings is 1. The smallest absolute Gasteiger partial charge is 0.456 e. The van der Waals surface area contributed by atoms with Gasteiger partial charge in [-0.05, 0) is 19.1 Å². The van der Waals surface area contributed by atoms with Gasteiger partial charge in [0.05, 0.1) is 12.1 Å². The van der Waals surface area contributed by atoms with Crippen LogP contribution in [-0.4, -0.2) is 33.9 Å². The number of ketones is 1. The average molecular weight is 286 g/mol. The maximum Gasteiger partial charge on any atom is 0.456 e. The molecule has 0 aliphatic heterocycles. The van der Waals surface area contributed by atoms with Gasteiger partial charge in [-0.15, -0.1) is 0 Å². The molecular formula is C12H9F3N2O3. The fourth-order valence-electron chi connectivity index (χ4n) is 1.68. The first kappa shape index (κ1) is 14.0. The molecule has 2 aromatic rings. The molecular weight excluding hydrogens is 277 g/mol. The topological polar surface area (TPSA) is 60.7 Å². The molecule has 8 heteroatoms. The highest BCUT2D eigenvalue weighted by Gasteiger charge is 2.42. The normalized spacial score (nSPS) is 11.6. The van der Waals surface area contributed by atoms with Gasteiger partial charge in [-0.3, -0.25) is 9.20 Å². The van der Waals surface area contributed by atoms with Crippen LogP contribution in [0.15, 0.2) is 24.4 Å². The van der Waals surface area contributed by atoms with E-state index in [1.807, 2.05) is 0 Å². The Hall–Kier alpha value is -2.38. The first-order valence-electron chi connectivity index (χ1n) is 5.62. The molecule has 0 atom stereocenters. The molecule has 0 aliphatic rings. The summed E-state index contributed by atoms with van der Waals surface area (Å²) in [5.74, 6) is -3.36. The van der Waals surface area contributed by atoms with Gasteiger partial charge in [-0.25, -0.2) is 9.78 Å². The summed E-state index contributed by atoms with van der Waals surface area (Å²) in [7, 11) is 0. The standard InChI is InChI=1S/C12H9F3N2O3/c1-2-20-11(19)10-16-8(9(18)12(13,14)15)7-5-3-4-6-17(7)10/h3-6H,2H2,1H3. The number of nitrogens with zero attached hydrogens (tertiary/aromatic N) is 2. The molecule has 2 heterocycles. The van der Waals surface area contributed by atoms with Crippen molar-refractivity contribution >= 4 is 17.3 Å². The molecule has 0 unspecified atom stereocenters. The number of alkyl halides is 3. The van der Waals surface area contributed by atoms with Crippen molar-refractivity contribution in [2.45, 2.75) is 13.1 Å². The first-order chi connectivity index (χ1) is 9.36. The quantitative estimate of drug-likeness (QED) is 0.641. The van der Waals surface area contributed by atoms with Gasteiger partial charge in [0, 0.05) is 6.20 Å². The zero-order valence-corrected chi connectivity index (χ0v) is 10.3. The van der Waals surface area contributed by atoms with E-state index in [9.17, 15) is 22.8 Å². The van der Waals surface area contributed by atoms with Gasteiger partial charge in [0.15, 0.2) is 0 Å². The molecule has 2 aromatic heterocycles. The van der Waals surface area contributed by atoms with E-state index < -0.39 is 23.6 Å². The molecule has 0 radical (unpaired) electrons. The van der Waals surface area contributed by atoms with E-state index in [0.29, 0.717) is 0 Å². The van der Waals surface area contributed by atoms with E-state index in [1.54, 1.807) is 6.92 Å². The number of hydrogen-bond acceptors (Lipinski definition) is 4.